The molecule has 1 atom stereocenters. The van der Waals surface area contributed by atoms with Crippen molar-refractivity contribution in [3.05, 3.63) is 47.6 Å². The molecule has 0 radical (unpaired) electrons. The Kier molecular flexibility index (Phi) is 3.11. The van der Waals surface area contributed by atoms with Crippen LogP contribution in [0, 0.1) is 5.92 Å². The van der Waals surface area contributed by atoms with Gasteiger partial charge in [-0.1, -0.05) is 42.4 Å². The molecular formula is C14H17N3O. The van der Waals surface area contributed by atoms with Crippen molar-refractivity contribution >= 4 is 0 Å². The third-order valence-electron chi connectivity index (χ3n) is 3.60. The van der Waals surface area contributed by atoms with E-state index in [9.17, 15) is 0 Å². The van der Waals surface area contributed by atoms with E-state index in [4.69, 9.17) is 4.52 Å². The molecule has 1 aliphatic heterocycles. The highest BCUT2D eigenvalue weighted by Crippen LogP contribution is 2.25. The van der Waals surface area contributed by atoms with Crippen LogP contribution >= 0.6 is 0 Å². The van der Waals surface area contributed by atoms with Crippen molar-refractivity contribution in [3.8, 4) is 0 Å². The summed E-state index contributed by atoms with van der Waals surface area (Å²) in [6.45, 7) is 4.26. The van der Waals surface area contributed by atoms with Gasteiger partial charge in [-0.15, -0.1) is 0 Å². The zero-order valence-corrected chi connectivity index (χ0v) is 10.5. The van der Waals surface area contributed by atoms with E-state index in [0.717, 1.165) is 31.2 Å². The molecule has 1 unspecified atom stereocenters. The normalized spacial score (nSPS) is 17.4. The molecular weight excluding hydrogens is 226 g/mol. The summed E-state index contributed by atoms with van der Waals surface area (Å²) in [6, 6.07) is 10.2. The lowest BCUT2D eigenvalue weighted by molar-refractivity contribution is 0.252. The Labute approximate surface area is 106 Å². The quantitative estimate of drug-likeness (QED) is 0.892. The highest BCUT2D eigenvalue weighted by atomic mass is 16.5. The molecule has 94 valence electrons. The summed E-state index contributed by atoms with van der Waals surface area (Å²) in [5, 5.41) is 7.34. The summed E-state index contributed by atoms with van der Waals surface area (Å²) < 4.78 is 5.37. The van der Waals surface area contributed by atoms with Crippen LogP contribution in [-0.2, 0) is 6.42 Å². The lowest BCUT2D eigenvalue weighted by atomic mass is 9.89. The molecule has 1 N–H and O–H groups in total. The van der Waals surface area contributed by atoms with Crippen molar-refractivity contribution in [2.75, 3.05) is 13.1 Å². The van der Waals surface area contributed by atoms with Gasteiger partial charge in [0.2, 0.25) is 5.89 Å². The van der Waals surface area contributed by atoms with Crippen LogP contribution in [0.3, 0.4) is 0 Å². The summed E-state index contributed by atoms with van der Waals surface area (Å²) in [6.07, 6.45) is 0.736. The Hall–Kier alpha value is -1.68. The van der Waals surface area contributed by atoms with E-state index in [2.05, 4.69) is 34.5 Å². The molecule has 2 aromatic rings. The fourth-order valence-electron chi connectivity index (χ4n) is 2.17. The van der Waals surface area contributed by atoms with E-state index in [1.807, 2.05) is 18.2 Å². The minimum atomic E-state index is 0.350. The molecule has 0 aliphatic carbocycles. The molecule has 1 saturated heterocycles. The minimum absolute atomic E-state index is 0.350. The van der Waals surface area contributed by atoms with Crippen molar-refractivity contribution < 1.29 is 4.52 Å². The van der Waals surface area contributed by atoms with Gasteiger partial charge in [-0.25, -0.2) is 0 Å². The standard InChI is InChI=1S/C14H17N3O/c1-10(12-8-15-9-12)14-16-13(17-18-14)7-11-5-3-2-4-6-11/h2-6,10,12,15H,7-9H2,1H3. The molecule has 0 bridgehead atoms. The van der Waals surface area contributed by atoms with E-state index < -0.39 is 0 Å². The van der Waals surface area contributed by atoms with Crippen LogP contribution in [0.5, 0.6) is 0 Å². The van der Waals surface area contributed by atoms with Crippen LogP contribution < -0.4 is 5.32 Å². The molecule has 0 spiro atoms. The lowest BCUT2D eigenvalue weighted by Gasteiger charge is -2.30. The van der Waals surface area contributed by atoms with Gasteiger partial charge in [-0.3, -0.25) is 0 Å². The van der Waals surface area contributed by atoms with E-state index in [1.54, 1.807) is 0 Å². The largest absolute Gasteiger partial charge is 0.339 e. The molecule has 0 amide bonds. The Morgan fingerprint density at radius 3 is 2.78 bits per heavy atom. The van der Waals surface area contributed by atoms with Gasteiger partial charge in [0.1, 0.15) is 0 Å². The fourth-order valence-corrected chi connectivity index (χ4v) is 2.17. The van der Waals surface area contributed by atoms with Gasteiger partial charge in [0.25, 0.3) is 0 Å². The zero-order valence-electron chi connectivity index (χ0n) is 10.5. The van der Waals surface area contributed by atoms with Crippen LogP contribution in [-0.4, -0.2) is 23.2 Å². The van der Waals surface area contributed by atoms with Crippen LogP contribution in [0.15, 0.2) is 34.9 Å². The maximum absolute atomic E-state index is 5.37. The molecule has 2 heterocycles. The minimum Gasteiger partial charge on any atom is -0.339 e. The van der Waals surface area contributed by atoms with Crippen molar-refractivity contribution in [1.29, 1.82) is 0 Å². The smallest absolute Gasteiger partial charge is 0.229 e. The van der Waals surface area contributed by atoms with Gasteiger partial charge < -0.3 is 9.84 Å². The maximum atomic E-state index is 5.37. The first-order chi connectivity index (χ1) is 8.83. The van der Waals surface area contributed by atoms with Crippen LogP contribution in [0.2, 0.25) is 0 Å². The van der Waals surface area contributed by atoms with Crippen LogP contribution in [0.1, 0.15) is 30.1 Å². The Bertz CT molecular complexity index is 505. The molecule has 4 nitrogen and oxygen atoms in total. The number of hydrogen-bond acceptors (Lipinski definition) is 4. The first-order valence-electron chi connectivity index (χ1n) is 6.40. The van der Waals surface area contributed by atoms with E-state index in [1.165, 1.54) is 5.56 Å². The summed E-state index contributed by atoms with van der Waals surface area (Å²) >= 11 is 0. The van der Waals surface area contributed by atoms with Gasteiger partial charge in [-0.05, 0) is 24.6 Å². The second-order valence-corrected chi connectivity index (χ2v) is 4.92. The third-order valence-corrected chi connectivity index (χ3v) is 3.60. The van der Waals surface area contributed by atoms with Crippen LogP contribution in [0.4, 0.5) is 0 Å². The van der Waals surface area contributed by atoms with Crippen LogP contribution in [0.25, 0.3) is 0 Å². The number of aromatic nitrogens is 2. The first kappa shape index (κ1) is 11.4. The summed E-state index contributed by atoms with van der Waals surface area (Å²) in [5.41, 5.74) is 1.21. The van der Waals surface area contributed by atoms with E-state index in [-0.39, 0.29) is 0 Å². The summed E-state index contributed by atoms with van der Waals surface area (Å²) in [7, 11) is 0. The van der Waals surface area contributed by atoms with Crippen molar-refractivity contribution in [2.24, 2.45) is 5.92 Å². The zero-order chi connectivity index (χ0) is 12.4. The van der Waals surface area contributed by atoms with Gasteiger partial charge in [0, 0.05) is 12.3 Å². The van der Waals surface area contributed by atoms with Crippen molar-refractivity contribution in [3.63, 3.8) is 0 Å². The van der Waals surface area contributed by atoms with Gasteiger partial charge in [0.15, 0.2) is 5.82 Å². The highest BCUT2D eigenvalue weighted by Gasteiger charge is 2.28. The Balaban J connectivity index is 1.69. The average Bonchev–Trinajstić information content (AvgIpc) is 2.76. The second kappa shape index (κ2) is 4.90. The summed E-state index contributed by atoms with van der Waals surface area (Å²) in [5.74, 6) is 2.53. The Morgan fingerprint density at radius 1 is 1.33 bits per heavy atom. The highest BCUT2D eigenvalue weighted by molar-refractivity contribution is 5.18. The fraction of sp³-hybridized carbons (Fsp3) is 0.429. The predicted molar refractivity (Wildman–Crippen MR) is 68.3 cm³/mol. The first-order valence-corrected chi connectivity index (χ1v) is 6.40. The molecule has 3 rings (SSSR count). The van der Waals surface area contributed by atoms with Crippen molar-refractivity contribution in [1.82, 2.24) is 15.5 Å². The predicted octanol–water partition coefficient (Wildman–Crippen LogP) is 1.98. The SMILES string of the molecule is CC(c1nc(Cc2ccccc2)no1)C1CNC1. The molecule has 0 saturated carbocycles. The molecule has 18 heavy (non-hydrogen) atoms. The Morgan fingerprint density at radius 2 is 2.11 bits per heavy atom. The molecule has 1 aromatic heterocycles. The van der Waals surface area contributed by atoms with E-state index in [0.29, 0.717) is 11.8 Å². The lowest BCUT2D eigenvalue weighted by Crippen LogP contribution is -2.44. The number of nitrogens with zero attached hydrogens (tertiary/aromatic N) is 2. The number of nitrogens with one attached hydrogen (secondary N) is 1. The van der Waals surface area contributed by atoms with E-state index >= 15 is 0 Å². The molecule has 1 aliphatic rings. The topological polar surface area (TPSA) is 51.0 Å². The number of rotatable bonds is 4. The van der Waals surface area contributed by atoms with Gasteiger partial charge in [0.05, 0.1) is 0 Å². The van der Waals surface area contributed by atoms with Gasteiger partial charge >= 0.3 is 0 Å². The number of hydrogen-bond donors (Lipinski definition) is 1. The number of benzene rings is 1. The molecule has 4 heteroatoms. The average molecular weight is 243 g/mol. The monoisotopic (exact) mass is 243 g/mol. The molecule has 1 aromatic carbocycles. The molecule has 1 fully saturated rings. The maximum Gasteiger partial charge on any atom is 0.229 e. The van der Waals surface area contributed by atoms with Gasteiger partial charge in [-0.2, -0.15) is 4.98 Å². The van der Waals surface area contributed by atoms with Crippen molar-refractivity contribution in [2.45, 2.75) is 19.3 Å². The second-order valence-electron chi connectivity index (χ2n) is 4.92. The summed E-state index contributed by atoms with van der Waals surface area (Å²) in [4.78, 5) is 4.50. The third kappa shape index (κ3) is 2.29.